The molecule has 2 aliphatic rings. The van der Waals surface area contributed by atoms with Gasteiger partial charge in [-0.3, -0.25) is 0 Å². The lowest BCUT2D eigenvalue weighted by Gasteiger charge is -2.05. The third-order valence-corrected chi connectivity index (χ3v) is 3.77. The van der Waals surface area contributed by atoms with E-state index in [1.807, 2.05) is 12.1 Å². The SMILES string of the molecule is c1c2c(cc3[nH]c(CCNC4CC4)nc13)OCCCO2. The maximum absolute atomic E-state index is 5.70. The number of rotatable bonds is 4. The topological polar surface area (TPSA) is 59.2 Å². The number of hydrogen-bond donors (Lipinski definition) is 2. The lowest BCUT2D eigenvalue weighted by atomic mass is 10.3. The van der Waals surface area contributed by atoms with Crippen LogP contribution >= 0.6 is 0 Å². The molecule has 2 heterocycles. The maximum atomic E-state index is 5.70. The molecule has 106 valence electrons. The number of ether oxygens (including phenoxy) is 2. The zero-order valence-electron chi connectivity index (χ0n) is 11.4. The lowest BCUT2D eigenvalue weighted by Crippen LogP contribution is -2.19. The summed E-state index contributed by atoms with van der Waals surface area (Å²) in [5, 5.41) is 3.50. The molecule has 1 aliphatic heterocycles. The van der Waals surface area contributed by atoms with E-state index in [1.54, 1.807) is 0 Å². The van der Waals surface area contributed by atoms with Crippen LogP contribution in [0.15, 0.2) is 12.1 Å². The number of fused-ring (bicyclic) bond motifs is 2. The van der Waals surface area contributed by atoms with Gasteiger partial charge in [-0.2, -0.15) is 0 Å². The Bertz CT molecular complexity index is 576. The van der Waals surface area contributed by atoms with Crippen molar-refractivity contribution >= 4 is 11.0 Å². The van der Waals surface area contributed by atoms with Gasteiger partial charge in [0.15, 0.2) is 11.5 Å². The minimum atomic E-state index is 0.709. The summed E-state index contributed by atoms with van der Waals surface area (Å²) in [6, 6.07) is 4.72. The molecule has 5 heteroatoms. The van der Waals surface area contributed by atoms with Gasteiger partial charge in [0.05, 0.1) is 24.2 Å². The molecule has 2 N–H and O–H groups in total. The highest BCUT2D eigenvalue weighted by molar-refractivity contribution is 5.79. The molecule has 1 saturated carbocycles. The third kappa shape index (κ3) is 2.45. The predicted molar refractivity (Wildman–Crippen MR) is 76.4 cm³/mol. The summed E-state index contributed by atoms with van der Waals surface area (Å²) in [7, 11) is 0. The Balaban J connectivity index is 1.55. The Morgan fingerprint density at radius 1 is 1.20 bits per heavy atom. The van der Waals surface area contributed by atoms with Gasteiger partial charge in [-0.15, -0.1) is 0 Å². The van der Waals surface area contributed by atoms with Gasteiger partial charge in [0, 0.05) is 37.6 Å². The molecule has 2 aromatic rings. The Labute approximate surface area is 117 Å². The smallest absolute Gasteiger partial charge is 0.163 e. The van der Waals surface area contributed by atoms with Crippen molar-refractivity contribution in [1.82, 2.24) is 15.3 Å². The molecule has 1 aliphatic carbocycles. The summed E-state index contributed by atoms with van der Waals surface area (Å²) in [6.07, 6.45) is 4.49. The van der Waals surface area contributed by atoms with Gasteiger partial charge < -0.3 is 19.8 Å². The summed E-state index contributed by atoms with van der Waals surface area (Å²) in [5.41, 5.74) is 1.98. The average molecular weight is 273 g/mol. The van der Waals surface area contributed by atoms with Crippen LogP contribution in [0.2, 0.25) is 0 Å². The molecular weight excluding hydrogens is 254 g/mol. The van der Waals surface area contributed by atoms with Gasteiger partial charge in [-0.25, -0.2) is 4.98 Å². The van der Waals surface area contributed by atoms with Crippen LogP contribution in [0, 0.1) is 0 Å². The monoisotopic (exact) mass is 273 g/mol. The number of benzene rings is 1. The summed E-state index contributed by atoms with van der Waals surface area (Å²) < 4.78 is 11.4. The molecular formula is C15H19N3O2. The largest absolute Gasteiger partial charge is 0.489 e. The number of aromatic amines is 1. The first-order valence-electron chi connectivity index (χ1n) is 7.40. The van der Waals surface area contributed by atoms with Crippen molar-refractivity contribution in [2.75, 3.05) is 19.8 Å². The molecule has 0 bridgehead atoms. The molecule has 0 unspecified atom stereocenters. The van der Waals surface area contributed by atoms with Crippen LogP contribution in [0.4, 0.5) is 0 Å². The quantitative estimate of drug-likeness (QED) is 0.894. The van der Waals surface area contributed by atoms with Crippen LogP contribution in [0.25, 0.3) is 11.0 Å². The van der Waals surface area contributed by atoms with Crippen molar-refractivity contribution in [2.24, 2.45) is 0 Å². The summed E-state index contributed by atoms with van der Waals surface area (Å²) in [4.78, 5) is 8.01. The number of H-pyrrole nitrogens is 1. The zero-order chi connectivity index (χ0) is 13.4. The highest BCUT2D eigenvalue weighted by Gasteiger charge is 2.20. The van der Waals surface area contributed by atoms with Crippen molar-refractivity contribution in [3.05, 3.63) is 18.0 Å². The third-order valence-electron chi connectivity index (χ3n) is 3.77. The molecule has 5 nitrogen and oxygen atoms in total. The first-order chi connectivity index (χ1) is 9.88. The fraction of sp³-hybridized carbons (Fsp3) is 0.533. The number of nitrogens with one attached hydrogen (secondary N) is 2. The summed E-state index contributed by atoms with van der Waals surface area (Å²) >= 11 is 0. The van der Waals surface area contributed by atoms with Gasteiger partial charge >= 0.3 is 0 Å². The summed E-state index contributed by atoms with van der Waals surface area (Å²) in [6.45, 7) is 2.41. The minimum absolute atomic E-state index is 0.709. The Hall–Kier alpha value is -1.75. The van der Waals surface area contributed by atoms with Crippen LogP contribution in [0.5, 0.6) is 11.5 Å². The average Bonchev–Trinajstić information content (AvgIpc) is 3.20. The summed E-state index contributed by atoms with van der Waals surface area (Å²) in [5.74, 6) is 2.65. The van der Waals surface area contributed by atoms with Crippen molar-refractivity contribution in [1.29, 1.82) is 0 Å². The molecule has 0 atom stereocenters. The van der Waals surface area contributed by atoms with E-state index >= 15 is 0 Å². The first-order valence-corrected chi connectivity index (χ1v) is 7.40. The molecule has 1 aromatic carbocycles. The molecule has 1 fully saturated rings. The van der Waals surface area contributed by atoms with E-state index in [9.17, 15) is 0 Å². The molecule has 0 radical (unpaired) electrons. The van der Waals surface area contributed by atoms with E-state index < -0.39 is 0 Å². The normalized spacial score (nSPS) is 18.2. The molecule has 4 rings (SSSR count). The standard InChI is InChI=1S/C15H19N3O2/c1-6-19-13-8-11-12(9-14(13)20-7-1)18-15(17-11)4-5-16-10-2-3-10/h8-10,16H,1-7H2,(H,17,18). The van der Waals surface area contributed by atoms with Gasteiger partial charge in [0.2, 0.25) is 0 Å². The van der Waals surface area contributed by atoms with E-state index in [4.69, 9.17) is 9.47 Å². The Morgan fingerprint density at radius 3 is 2.80 bits per heavy atom. The second kappa shape index (κ2) is 4.98. The van der Waals surface area contributed by atoms with Crippen LogP contribution in [-0.2, 0) is 6.42 Å². The van der Waals surface area contributed by atoms with Gasteiger partial charge in [0.1, 0.15) is 5.82 Å². The van der Waals surface area contributed by atoms with E-state index in [2.05, 4.69) is 15.3 Å². The van der Waals surface area contributed by atoms with Crippen LogP contribution in [-0.4, -0.2) is 35.8 Å². The van der Waals surface area contributed by atoms with E-state index in [0.29, 0.717) is 13.2 Å². The molecule has 0 amide bonds. The second-order valence-electron chi connectivity index (χ2n) is 5.53. The fourth-order valence-electron chi connectivity index (χ4n) is 2.52. The predicted octanol–water partition coefficient (Wildman–Crippen LogP) is 2.02. The highest BCUT2D eigenvalue weighted by Crippen LogP contribution is 2.33. The van der Waals surface area contributed by atoms with E-state index in [1.165, 1.54) is 12.8 Å². The number of hydrogen-bond acceptors (Lipinski definition) is 4. The van der Waals surface area contributed by atoms with Crippen LogP contribution < -0.4 is 14.8 Å². The molecule has 1 aromatic heterocycles. The van der Waals surface area contributed by atoms with Crippen molar-refractivity contribution in [2.45, 2.75) is 31.7 Å². The van der Waals surface area contributed by atoms with Crippen LogP contribution in [0.3, 0.4) is 0 Å². The van der Waals surface area contributed by atoms with Crippen molar-refractivity contribution < 1.29 is 9.47 Å². The first kappa shape index (κ1) is 12.0. The molecule has 20 heavy (non-hydrogen) atoms. The number of imidazole rings is 1. The zero-order valence-corrected chi connectivity index (χ0v) is 11.4. The van der Waals surface area contributed by atoms with Gasteiger partial charge in [-0.1, -0.05) is 0 Å². The number of nitrogens with zero attached hydrogens (tertiary/aromatic N) is 1. The van der Waals surface area contributed by atoms with Gasteiger partial charge in [0.25, 0.3) is 0 Å². The second-order valence-corrected chi connectivity index (χ2v) is 5.53. The van der Waals surface area contributed by atoms with E-state index in [-0.39, 0.29) is 0 Å². The van der Waals surface area contributed by atoms with Crippen molar-refractivity contribution in [3.63, 3.8) is 0 Å². The van der Waals surface area contributed by atoms with Crippen molar-refractivity contribution in [3.8, 4) is 11.5 Å². The van der Waals surface area contributed by atoms with Gasteiger partial charge in [-0.05, 0) is 12.8 Å². The van der Waals surface area contributed by atoms with E-state index in [0.717, 1.165) is 53.8 Å². The molecule has 0 spiro atoms. The fourth-order valence-corrected chi connectivity index (χ4v) is 2.52. The number of aromatic nitrogens is 2. The lowest BCUT2D eigenvalue weighted by molar-refractivity contribution is 0.297. The molecule has 0 saturated heterocycles. The Morgan fingerprint density at radius 2 is 2.00 bits per heavy atom. The maximum Gasteiger partial charge on any atom is 0.163 e. The minimum Gasteiger partial charge on any atom is -0.489 e. The highest BCUT2D eigenvalue weighted by atomic mass is 16.5. The van der Waals surface area contributed by atoms with Crippen LogP contribution in [0.1, 0.15) is 25.1 Å². The Kier molecular flexibility index (Phi) is 2.99.